The van der Waals surface area contributed by atoms with Crippen LogP contribution in [0.1, 0.15) is 110 Å². The summed E-state index contributed by atoms with van der Waals surface area (Å²) in [6, 6.07) is 0. The van der Waals surface area contributed by atoms with Crippen molar-refractivity contribution in [2.75, 3.05) is 0 Å². The minimum absolute atomic E-state index is 0.0757. The number of aliphatic carboxylic acids is 1. The molecule has 0 aliphatic heterocycles. The summed E-state index contributed by atoms with van der Waals surface area (Å²) in [5.74, 6) is -3.46. The van der Waals surface area contributed by atoms with Gasteiger partial charge in [0.05, 0.1) is 6.42 Å². The Kier molecular flexibility index (Phi) is 14.9. The second kappa shape index (κ2) is 15.6. The average Bonchev–Trinajstić information content (AvgIpc) is 2.64. The third-order valence-electron chi connectivity index (χ3n) is 5.22. The molecule has 0 radical (unpaired) electrons. The lowest BCUT2D eigenvalue weighted by atomic mass is 9.88. The summed E-state index contributed by atoms with van der Waals surface area (Å²) >= 11 is 0. The zero-order chi connectivity index (χ0) is 21.4. The van der Waals surface area contributed by atoms with Crippen LogP contribution in [0.25, 0.3) is 0 Å². The van der Waals surface area contributed by atoms with Crippen molar-refractivity contribution in [3.8, 4) is 0 Å². The van der Waals surface area contributed by atoms with Gasteiger partial charge in [-0.3, -0.25) is 9.59 Å². The molecule has 0 rings (SSSR count). The fraction of sp³-hybridized carbons (Fsp3) is 0.864. The minimum atomic E-state index is -2.73. The molecule has 28 heavy (non-hydrogen) atoms. The van der Waals surface area contributed by atoms with Crippen molar-refractivity contribution in [2.24, 2.45) is 0 Å². The Balaban J connectivity index is 3.84. The Morgan fingerprint density at radius 2 is 1.18 bits per heavy atom. The predicted octanol–water partition coefficient (Wildman–Crippen LogP) is 4.19. The number of unbranched alkanes of at least 4 members (excludes halogenated alkanes) is 12. The summed E-state index contributed by atoms with van der Waals surface area (Å²) in [6.45, 7) is 3.41. The molecule has 0 aromatic carbocycles. The molecule has 0 fully saturated rings. The maximum Gasteiger partial charge on any atom is 0.344 e. The van der Waals surface area contributed by atoms with Gasteiger partial charge in [0.15, 0.2) is 11.6 Å². The molecule has 0 spiro atoms. The normalized spacial score (nSPS) is 14.4. The number of hydrogen-bond acceptors (Lipinski definition) is 5. The number of aliphatic hydroxyl groups excluding tert-OH is 1. The van der Waals surface area contributed by atoms with Crippen LogP contribution in [-0.4, -0.2) is 44.6 Å². The van der Waals surface area contributed by atoms with E-state index in [-0.39, 0.29) is 6.42 Å². The van der Waals surface area contributed by atoms with Gasteiger partial charge >= 0.3 is 5.97 Å². The summed E-state index contributed by atoms with van der Waals surface area (Å²) in [4.78, 5) is 34.9. The SMILES string of the molecule is CCCCCCCCCCCCCCCC(=O)C(O)(CC(=O)C(C)O)C(=O)O. The summed E-state index contributed by atoms with van der Waals surface area (Å²) in [5.41, 5.74) is -2.73. The van der Waals surface area contributed by atoms with E-state index in [0.717, 1.165) is 19.3 Å². The van der Waals surface area contributed by atoms with Crippen LogP contribution in [0.2, 0.25) is 0 Å². The van der Waals surface area contributed by atoms with Crippen LogP contribution in [0.3, 0.4) is 0 Å². The number of carbonyl (C=O) groups excluding carboxylic acids is 2. The van der Waals surface area contributed by atoms with E-state index >= 15 is 0 Å². The molecule has 6 nitrogen and oxygen atoms in total. The van der Waals surface area contributed by atoms with Crippen LogP contribution >= 0.6 is 0 Å². The van der Waals surface area contributed by atoms with Gasteiger partial charge in [-0.25, -0.2) is 4.79 Å². The molecule has 2 atom stereocenters. The van der Waals surface area contributed by atoms with Crippen LogP contribution < -0.4 is 0 Å². The van der Waals surface area contributed by atoms with Gasteiger partial charge in [0, 0.05) is 6.42 Å². The first-order valence-corrected chi connectivity index (χ1v) is 11.0. The molecule has 0 bridgehead atoms. The van der Waals surface area contributed by atoms with Gasteiger partial charge in [-0.15, -0.1) is 0 Å². The highest BCUT2D eigenvalue weighted by Gasteiger charge is 2.45. The number of hydrogen-bond donors (Lipinski definition) is 3. The fourth-order valence-electron chi connectivity index (χ4n) is 3.20. The number of carbonyl (C=O) groups is 3. The summed E-state index contributed by atoms with van der Waals surface area (Å²) in [7, 11) is 0. The van der Waals surface area contributed by atoms with E-state index in [1.54, 1.807) is 0 Å². The second-order valence-electron chi connectivity index (χ2n) is 7.90. The highest BCUT2D eigenvalue weighted by molar-refractivity contribution is 6.09. The van der Waals surface area contributed by atoms with E-state index in [9.17, 15) is 24.6 Å². The van der Waals surface area contributed by atoms with E-state index in [0.29, 0.717) is 6.42 Å². The highest BCUT2D eigenvalue weighted by Crippen LogP contribution is 2.19. The predicted molar refractivity (Wildman–Crippen MR) is 109 cm³/mol. The molecule has 0 aliphatic rings. The topological polar surface area (TPSA) is 112 Å². The number of ketones is 2. The lowest BCUT2D eigenvalue weighted by molar-refractivity contribution is -0.168. The van der Waals surface area contributed by atoms with Crippen molar-refractivity contribution in [3.63, 3.8) is 0 Å². The fourth-order valence-corrected chi connectivity index (χ4v) is 3.20. The third kappa shape index (κ3) is 11.5. The van der Waals surface area contributed by atoms with E-state index in [4.69, 9.17) is 5.11 Å². The smallest absolute Gasteiger partial charge is 0.344 e. The first kappa shape index (κ1) is 26.7. The molecule has 3 N–H and O–H groups in total. The zero-order valence-electron chi connectivity index (χ0n) is 17.8. The second-order valence-corrected chi connectivity index (χ2v) is 7.90. The number of rotatable bonds is 19. The Hall–Kier alpha value is -1.27. The molecule has 0 heterocycles. The van der Waals surface area contributed by atoms with Gasteiger partial charge < -0.3 is 15.3 Å². The van der Waals surface area contributed by atoms with Crippen molar-refractivity contribution in [3.05, 3.63) is 0 Å². The summed E-state index contributed by atoms with van der Waals surface area (Å²) < 4.78 is 0. The zero-order valence-corrected chi connectivity index (χ0v) is 17.8. The lowest BCUT2D eigenvalue weighted by Crippen LogP contribution is -2.49. The van der Waals surface area contributed by atoms with Gasteiger partial charge in [-0.05, 0) is 13.3 Å². The number of carboxylic acid groups (broad SMARTS) is 1. The van der Waals surface area contributed by atoms with Crippen LogP contribution in [0.4, 0.5) is 0 Å². The number of aliphatic hydroxyl groups is 2. The maximum atomic E-state index is 12.1. The molecule has 0 aliphatic carbocycles. The van der Waals surface area contributed by atoms with Crippen LogP contribution in [0.15, 0.2) is 0 Å². The minimum Gasteiger partial charge on any atom is -0.479 e. The first-order valence-electron chi connectivity index (χ1n) is 11.0. The van der Waals surface area contributed by atoms with Crippen LogP contribution in [-0.2, 0) is 14.4 Å². The standard InChI is InChI=1S/C22H40O6/c1-3-4-5-6-7-8-9-10-11-12-13-14-15-16-20(25)22(28,21(26)27)17-19(24)18(2)23/h18,23,28H,3-17H2,1-2H3,(H,26,27). The molecule has 164 valence electrons. The van der Waals surface area contributed by atoms with Gasteiger partial charge in [0.2, 0.25) is 5.60 Å². The molecule has 6 heteroatoms. The average molecular weight is 401 g/mol. The molecule has 0 saturated heterocycles. The molecular formula is C22H40O6. The number of Topliss-reactive ketones (excluding diaryl/α,β-unsaturated/α-hetero) is 2. The van der Waals surface area contributed by atoms with Crippen LogP contribution in [0.5, 0.6) is 0 Å². The lowest BCUT2D eigenvalue weighted by Gasteiger charge is -2.21. The molecule has 0 saturated carbocycles. The third-order valence-corrected chi connectivity index (χ3v) is 5.22. The van der Waals surface area contributed by atoms with E-state index in [2.05, 4.69) is 6.92 Å². The van der Waals surface area contributed by atoms with Gasteiger partial charge in [-0.1, -0.05) is 84.0 Å². The van der Waals surface area contributed by atoms with Crippen molar-refractivity contribution in [1.29, 1.82) is 0 Å². The van der Waals surface area contributed by atoms with Gasteiger partial charge in [0.25, 0.3) is 0 Å². The Morgan fingerprint density at radius 1 is 0.786 bits per heavy atom. The summed E-state index contributed by atoms with van der Waals surface area (Å²) in [6.07, 6.45) is 12.6. The Bertz CT molecular complexity index is 460. The monoisotopic (exact) mass is 400 g/mol. The summed E-state index contributed by atoms with van der Waals surface area (Å²) in [5, 5.41) is 28.4. The van der Waals surface area contributed by atoms with E-state index in [1.807, 2.05) is 0 Å². The van der Waals surface area contributed by atoms with E-state index < -0.39 is 35.7 Å². The largest absolute Gasteiger partial charge is 0.479 e. The molecule has 0 amide bonds. The molecule has 2 unspecified atom stereocenters. The Morgan fingerprint density at radius 3 is 1.54 bits per heavy atom. The van der Waals surface area contributed by atoms with Crippen LogP contribution in [0, 0.1) is 0 Å². The highest BCUT2D eigenvalue weighted by atomic mass is 16.4. The first-order chi connectivity index (χ1) is 13.3. The Labute approximate surface area is 169 Å². The molecule has 0 aromatic rings. The van der Waals surface area contributed by atoms with Gasteiger partial charge in [0.1, 0.15) is 6.10 Å². The molecule has 0 aromatic heterocycles. The maximum absolute atomic E-state index is 12.1. The van der Waals surface area contributed by atoms with Gasteiger partial charge in [-0.2, -0.15) is 0 Å². The van der Waals surface area contributed by atoms with Crippen molar-refractivity contribution in [2.45, 2.75) is 122 Å². The number of carboxylic acids is 1. The van der Waals surface area contributed by atoms with Crippen molar-refractivity contribution in [1.82, 2.24) is 0 Å². The quantitative estimate of drug-likeness (QED) is 0.221. The molecular weight excluding hydrogens is 360 g/mol. The van der Waals surface area contributed by atoms with Crippen molar-refractivity contribution < 1.29 is 29.7 Å². The van der Waals surface area contributed by atoms with Crippen molar-refractivity contribution >= 4 is 17.5 Å². The van der Waals surface area contributed by atoms with E-state index in [1.165, 1.54) is 64.7 Å².